The number of ether oxygens (including phenoxy) is 1. The predicted octanol–water partition coefficient (Wildman–Crippen LogP) is 2.87. The number of methoxy groups -OCH3 is 1. The number of nitrogens with zero attached hydrogens (tertiary/aromatic N) is 3. The molecule has 6 nitrogen and oxygen atoms in total. The SMILES string of the molecule is COC(C)c1nsc2ccc(-n3c(=O)cc(C(F)(F)F)n(C)c3=O)cc12. The average Bonchev–Trinajstić information content (AvgIpc) is 3.00. The lowest BCUT2D eigenvalue weighted by molar-refractivity contribution is -0.144. The highest BCUT2D eigenvalue weighted by Gasteiger charge is 2.35. The third kappa shape index (κ3) is 2.95. The number of aromatic nitrogens is 3. The molecule has 2 heterocycles. The molecule has 0 amide bonds. The first kappa shape index (κ1) is 18.3. The van der Waals surface area contributed by atoms with Crippen molar-refractivity contribution >= 4 is 21.6 Å². The van der Waals surface area contributed by atoms with Gasteiger partial charge in [-0.05, 0) is 36.7 Å². The van der Waals surface area contributed by atoms with Crippen LogP contribution in [0.25, 0.3) is 15.8 Å². The summed E-state index contributed by atoms with van der Waals surface area (Å²) in [6, 6.07) is 5.13. The molecule has 0 saturated carbocycles. The maximum absolute atomic E-state index is 13.0. The summed E-state index contributed by atoms with van der Waals surface area (Å²) >= 11 is 1.23. The van der Waals surface area contributed by atoms with Crippen molar-refractivity contribution in [2.24, 2.45) is 7.05 Å². The van der Waals surface area contributed by atoms with Crippen LogP contribution in [0.5, 0.6) is 0 Å². The highest BCUT2D eigenvalue weighted by atomic mass is 32.1. The number of rotatable bonds is 3. The minimum Gasteiger partial charge on any atom is -0.375 e. The topological polar surface area (TPSA) is 66.1 Å². The zero-order chi connectivity index (χ0) is 19.2. The number of hydrogen-bond donors (Lipinski definition) is 0. The van der Waals surface area contributed by atoms with Crippen LogP contribution in [0.1, 0.15) is 24.4 Å². The molecule has 0 N–H and O–H groups in total. The van der Waals surface area contributed by atoms with Gasteiger partial charge in [-0.2, -0.15) is 17.5 Å². The Bertz CT molecular complexity index is 1100. The van der Waals surface area contributed by atoms with E-state index in [1.807, 2.05) is 0 Å². The molecule has 0 aliphatic rings. The highest BCUT2D eigenvalue weighted by Crippen LogP contribution is 2.30. The van der Waals surface area contributed by atoms with Gasteiger partial charge in [0.2, 0.25) is 0 Å². The van der Waals surface area contributed by atoms with Gasteiger partial charge in [0.15, 0.2) is 0 Å². The summed E-state index contributed by atoms with van der Waals surface area (Å²) in [6.07, 6.45) is -5.11. The fourth-order valence-corrected chi connectivity index (χ4v) is 3.46. The molecule has 0 saturated heterocycles. The number of fused-ring (bicyclic) bond motifs is 1. The van der Waals surface area contributed by atoms with Crippen molar-refractivity contribution in [2.45, 2.75) is 19.2 Å². The Hall–Kier alpha value is -2.46. The zero-order valence-corrected chi connectivity index (χ0v) is 14.8. The lowest BCUT2D eigenvalue weighted by Gasteiger charge is -2.14. The summed E-state index contributed by atoms with van der Waals surface area (Å²) in [5.41, 5.74) is -2.62. The van der Waals surface area contributed by atoms with Crippen LogP contribution < -0.4 is 11.2 Å². The summed E-state index contributed by atoms with van der Waals surface area (Å²) < 4.78 is 50.4. The predicted molar refractivity (Wildman–Crippen MR) is 90.9 cm³/mol. The van der Waals surface area contributed by atoms with Crippen LogP contribution in [0.4, 0.5) is 13.2 Å². The maximum atomic E-state index is 13.0. The van der Waals surface area contributed by atoms with E-state index in [0.29, 0.717) is 26.3 Å². The minimum absolute atomic E-state index is 0.168. The second kappa shape index (κ2) is 6.36. The Morgan fingerprint density at radius 1 is 1.23 bits per heavy atom. The van der Waals surface area contributed by atoms with Gasteiger partial charge in [-0.25, -0.2) is 9.36 Å². The molecule has 2 aromatic heterocycles. The molecule has 1 unspecified atom stereocenters. The van der Waals surface area contributed by atoms with Gasteiger partial charge in [0.25, 0.3) is 5.56 Å². The van der Waals surface area contributed by atoms with E-state index < -0.39 is 23.1 Å². The van der Waals surface area contributed by atoms with Crippen molar-refractivity contribution in [1.82, 2.24) is 13.5 Å². The first-order valence-corrected chi connectivity index (χ1v) is 8.25. The quantitative estimate of drug-likeness (QED) is 0.695. The zero-order valence-electron chi connectivity index (χ0n) is 14.0. The van der Waals surface area contributed by atoms with Gasteiger partial charge < -0.3 is 4.74 Å². The molecular formula is C16H14F3N3O3S. The third-order valence-electron chi connectivity index (χ3n) is 4.09. The number of halogens is 3. The van der Waals surface area contributed by atoms with E-state index in [0.717, 1.165) is 11.7 Å². The summed E-state index contributed by atoms with van der Waals surface area (Å²) in [5.74, 6) is 0. The van der Waals surface area contributed by atoms with Crippen LogP contribution in [0, 0.1) is 0 Å². The van der Waals surface area contributed by atoms with Gasteiger partial charge in [-0.1, -0.05) is 0 Å². The van der Waals surface area contributed by atoms with Crippen molar-refractivity contribution in [1.29, 1.82) is 0 Å². The Kier molecular flexibility index (Phi) is 4.49. The first-order chi connectivity index (χ1) is 12.1. The third-order valence-corrected chi connectivity index (χ3v) is 4.93. The summed E-state index contributed by atoms with van der Waals surface area (Å²) in [7, 11) is 2.50. The molecular weight excluding hydrogens is 371 g/mol. The first-order valence-electron chi connectivity index (χ1n) is 7.48. The Labute approximate surface area is 149 Å². The van der Waals surface area contributed by atoms with E-state index in [-0.39, 0.29) is 11.8 Å². The van der Waals surface area contributed by atoms with Crippen LogP contribution >= 0.6 is 11.5 Å². The largest absolute Gasteiger partial charge is 0.431 e. The lowest BCUT2D eigenvalue weighted by atomic mass is 10.1. The van der Waals surface area contributed by atoms with Gasteiger partial charge >= 0.3 is 11.9 Å². The molecule has 0 aliphatic carbocycles. The molecule has 3 rings (SSSR count). The van der Waals surface area contributed by atoms with Crippen LogP contribution in [-0.4, -0.2) is 20.6 Å². The van der Waals surface area contributed by atoms with E-state index in [4.69, 9.17) is 4.74 Å². The van der Waals surface area contributed by atoms with Crippen molar-refractivity contribution in [3.8, 4) is 5.69 Å². The van der Waals surface area contributed by atoms with Gasteiger partial charge in [0.05, 0.1) is 22.2 Å². The van der Waals surface area contributed by atoms with Crippen molar-refractivity contribution in [3.05, 3.63) is 56.5 Å². The molecule has 3 aromatic rings. The van der Waals surface area contributed by atoms with E-state index >= 15 is 0 Å². The molecule has 138 valence electrons. The second-order valence-electron chi connectivity index (χ2n) is 5.67. The van der Waals surface area contributed by atoms with E-state index in [9.17, 15) is 22.8 Å². The van der Waals surface area contributed by atoms with Gasteiger partial charge in [0, 0.05) is 25.6 Å². The average molecular weight is 385 g/mol. The van der Waals surface area contributed by atoms with Crippen molar-refractivity contribution in [3.63, 3.8) is 0 Å². The smallest absolute Gasteiger partial charge is 0.375 e. The molecule has 1 atom stereocenters. The Morgan fingerprint density at radius 3 is 2.54 bits per heavy atom. The standard InChI is InChI=1S/C16H14F3N3O3S/c1-8(25-3)14-10-6-9(4-5-11(10)26-20-14)22-13(23)7-12(16(17,18)19)21(2)15(22)24/h4-8H,1-3H3. The molecule has 1 aromatic carbocycles. The fraction of sp³-hybridized carbons (Fsp3) is 0.312. The molecule has 10 heteroatoms. The molecule has 0 aliphatic heterocycles. The monoisotopic (exact) mass is 385 g/mol. The van der Waals surface area contributed by atoms with Gasteiger partial charge in [-0.15, -0.1) is 0 Å². The van der Waals surface area contributed by atoms with Gasteiger partial charge in [-0.3, -0.25) is 9.36 Å². The highest BCUT2D eigenvalue weighted by molar-refractivity contribution is 7.13. The maximum Gasteiger partial charge on any atom is 0.431 e. The van der Waals surface area contributed by atoms with Gasteiger partial charge in [0.1, 0.15) is 5.69 Å². The molecule has 0 spiro atoms. The Morgan fingerprint density at radius 2 is 1.92 bits per heavy atom. The summed E-state index contributed by atoms with van der Waals surface area (Å²) in [6.45, 7) is 1.80. The molecule has 0 radical (unpaired) electrons. The van der Waals surface area contributed by atoms with Crippen LogP contribution in [0.3, 0.4) is 0 Å². The number of alkyl halides is 3. The fourth-order valence-electron chi connectivity index (χ4n) is 2.62. The molecule has 0 fully saturated rings. The molecule has 26 heavy (non-hydrogen) atoms. The number of benzene rings is 1. The van der Waals surface area contributed by atoms with Crippen molar-refractivity contribution in [2.75, 3.05) is 7.11 Å². The summed E-state index contributed by atoms with van der Waals surface area (Å²) in [4.78, 5) is 24.6. The Balaban J connectivity index is 2.26. The normalized spacial score (nSPS) is 13.3. The number of hydrogen-bond acceptors (Lipinski definition) is 5. The van der Waals surface area contributed by atoms with Crippen LogP contribution in [0.15, 0.2) is 33.9 Å². The summed E-state index contributed by atoms with van der Waals surface area (Å²) in [5, 5.41) is 0.677. The van der Waals surface area contributed by atoms with Crippen LogP contribution in [-0.2, 0) is 18.0 Å². The molecule has 0 bridgehead atoms. The van der Waals surface area contributed by atoms with E-state index in [1.54, 1.807) is 19.1 Å². The minimum atomic E-state index is -4.80. The van der Waals surface area contributed by atoms with E-state index in [1.165, 1.54) is 24.7 Å². The lowest BCUT2D eigenvalue weighted by Crippen LogP contribution is -2.40. The van der Waals surface area contributed by atoms with Crippen LogP contribution in [0.2, 0.25) is 0 Å². The van der Waals surface area contributed by atoms with E-state index in [2.05, 4.69) is 4.37 Å². The second-order valence-corrected chi connectivity index (χ2v) is 6.47. The van der Waals surface area contributed by atoms with Crippen molar-refractivity contribution < 1.29 is 17.9 Å².